The third kappa shape index (κ3) is 1.92. The molecule has 1 aliphatic heterocycles. The van der Waals surface area contributed by atoms with E-state index in [1.807, 2.05) is 0 Å². The molecule has 1 rings (SSSR count). The van der Waals surface area contributed by atoms with Crippen LogP contribution in [-0.4, -0.2) is 38.0 Å². The summed E-state index contributed by atoms with van der Waals surface area (Å²) >= 11 is 0. The minimum Gasteiger partial charge on any atom is -0.269 e. The molecule has 0 aromatic carbocycles. The van der Waals surface area contributed by atoms with E-state index >= 15 is 0 Å². The van der Waals surface area contributed by atoms with E-state index in [0.29, 0.717) is 13.1 Å². The van der Waals surface area contributed by atoms with Crippen molar-refractivity contribution in [2.45, 2.75) is 0 Å². The van der Waals surface area contributed by atoms with Crippen molar-refractivity contribution in [2.24, 2.45) is 5.84 Å². The molecule has 0 aromatic rings. The first kappa shape index (κ1) is 6.98. The van der Waals surface area contributed by atoms with Crippen LogP contribution in [0.5, 0.6) is 0 Å². The van der Waals surface area contributed by atoms with E-state index in [1.54, 1.807) is 0 Å². The summed E-state index contributed by atoms with van der Waals surface area (Å²) in [4.78, 5) is 0. The normalized spacial score (nSPS) is 28.1. The van der Waals surface area contributed by atoms with Crippen molar-refractivity contribution in [1.29, 1.82) is 0 Å². The number of sulfone groups is 1. The average molecular weight is 150 g/mol. The molecule has 0 atom stereocenters. The first-order valence-corrected chi connectivity index (χ1v) is 4.62. The largest absolute Gasteiger partial charge is 0.269 e. The number of nitrogens with zero attached hydrogens (tertiary/aromatic N) is 1. The van der Waals surface area contributed by atoms with Gasteiger partial charge in [0.15, 0.2) is 9.84 Å². The number of nitrogens with two attached hydrogens (primary N) is 1. The minimum atomic E-state index is -2.74. The first-order chi connectivity index (χ1) is 4.10. The van der Waals surface area contributed by atoms with Gasteiger partial charge in [-0.2, -0.15) is 0 Å². The number of rotatable bonds is 0. The molecule has 1 fully saturated rings. The third-order valence-corrected chi connectivity index (χ3v) is 2.99. The van der Waals surface area contributed by atoms with E-state index in [1.165, 1.54) is 5.01 Å². The summed E-state index contributed by atoms with van der Waals surface area (Å²) in [5.41, 5.74) is 0. The molecule has 0 amide bonds. The van der Waals surface area contributed by atoms with Gasteiger partial charge < -0.3 is 0 Å². The van der Waals surface area contributed by atoms with Gasteiger partial charge in [0.1, 0.15) is 0 Å². The van der Waals surface area contributed by atoms with E-state index < -0.39 is 9.84 Å². The fourth-order valence-electron chi connectivity index (χ4n) is 0.727. The average Bonchev–Trinajstić information content (AvgIpc) is 1.78. The number of hydrogen-bond acceptors (Lipinski definition) is 4. The lowest BCUT2D eigenvalue weighted by molar-refractivity contribution is 0.307. The molecule has 0 aliphatic carbocycles. The maximum absolute atomic E-state index is 10.7. The molecule has 5 heteroatoms. The molecule has 1 heterocycles. The van der Waals surface area contributed by atoms with Crippen LogP contribution in [0, 0.1) is 0 Å². The van der Waals surface area contributed by atoms with E-state index in [0.717, 1.165) is 0 Å². The Balaban J connectivity index is 2.55. The Morgan fingerprint density at radius 2 is 1.67 bits per heavy atom. The highest BCUT2D eigenvalue weighted by Gasteiger charge is 2.18. The lowest BCUT2D eigenvalue weighted by Crippen LogP contribution is -2.44. The summed E-state index contributed by atoms with van der Waals surface area (Å²) in [5.74, 6) is 5.75. The lowest BCUT2D eigenvalue weighted by Gasteiger charge is -2.20. The van der Waals surface area contributed by atoms with Crippen LogP contribution in [0.15, 0.2) is 0 Å². The zero-order valence-electron chi connectivity index (χ0n) is 5.08. The molecule has 0 saturated carbocycles. The van der Waals surface area contributed by atoms with Crippen molar-refractivity contribution < 1.29 is 8.42 Å². The van der Waals surface area contributed by atoms with Gasteiger partial charge in [0, 0.05) is 13.1 Å². The summed E-state index contributed by atoms with van der Waals surface area (Å²) in [6.07, 6.45) is 0. The molecule has 0 aromatic heterocycles. The molecule has 0 unspecified atom stereocenters. The van der Waals surface area contributed by atoms with Crippen LogP contribution in [-0.2, 0) is 9.84 Å². The minimum absolute atomic E-state index is 0.212. The zero-order valence-corrected chi connectivity index (χ0v) is 5.89. The van der Waals surface area contributed by atoms with Gasteiger partial charge in [-0.1, -0.05) is 0 Å². The topological polar surface area (TPSA) is 63.4 Å². The maximum atomic E-state index is 10.7. The second kappa shape index (κ2) is 2.24. The van der Waals surface area contributed by atoms with Crippen molar-refractivity contribution in [3.05, 3.63) is 0 Å². The molecule has 4 nitrogen and oxygen atoms in total. The molecule has 9 heavy (non-hydrogen) atoms. The van der Waals surface area contributed by atoms with Crippen LogP contribution in [0.2, 0.25) is 0 Å². The highest BCUT2D eigenvalue weighted by Crippen LogP contribution is 1.97. The van der Waals surface area contributed by atoms with Crippen LogP contribution >= 0.6 is 0 Å². The van der Waals surface area contributed by atoms with Crippen molar-refractivity contribution in [3.63, 3.8) is 0 Å². The van der Waals surface area contributed by atoms with E-state index in [9.17, 15) is 8.42 Å². The quantitative estimate of drug-likeness (QED) is 0.431. The molecule has 2 N–H and O–H groups in total. The maximum Gasteiger partial charge on any atom is 0.152 e. The fourth-order valence-corrected chi connectivity index (χ4v) is 1.96. The van der Waals surface area contributed by atoms with Gasteiger partial charge in [-0.3, -0.25) is 5.84 Å². The molecular formula is C4H10N2O2S. The van der Waals surface area contributed by atoms with Gasteiger partial charge in [-0.05, 0) is 0 Å². The molecule has 54 valence electrons. The second-order valence-corrected chi connectivity index (χ2v) is 4.49. The van der Waals surface area contributed by atoms with E-state index in [2.05, 4.69) is 0 Å². The predicted molar refractivity (Wildman–Crippen MR) is 34.4 cm³/mol. The standard InChI is InChI=1S/C4H10N2O2S/c5-6-1-3-9(7,8)4-2-6/h1-5H2. The highest BCUT2D eigenvalue weighted by molar-refractivity contribution is 7.91. The van der Waals surface area contributed by atoms with Gasteiger partial charge in [0.25, 0.3) is 0 Å². The summed E-state index contributed by atoms with van der Waals surface area (Å²) in [6, 6.07) is 0. The van der Waals surface area contributed by atoms with Crippen LogP contribution in [0.1, 0.15) is 0 Å². The Morgan fingerprint density at radius 1 is 1.22 bits per heavy atom. The first-order valence-electron chi connectivity index (χ1n) is 2.80. The zero-order chi connectivity index (χ0) is 6.91. The summed E-state index contributed by atoms with van der Waals surface area (Å²) in [5, 5.41) is 1.53. The molecular weight excluding hydrogens is 140 g/mol. The highest BCUT2D eigenvalue weighted by atomic mass is 32.2. The molecule has 1 saturated heterocycles. The summed E-state index contributed by atoms with van der Waals surface area (Å²) < 4.78 is 21.4. The van der Waals surface area contributed by atoms with Gasteiger partial charge in [0.05, 0.1) is 11.5 Å². The van der Waals surface area contributed by atoms with Crippen LogP contribution in [0.3, 0.4) is 0 Å². The fraction of sp³-hybridized carbons (Fsp3) is 1.00. The Hall–Kier alpha value is -0.130. The summed E-state index contributed by atoms with van der Waals surface area (Å²) in [7, 11) is -2.74. The second-order valence-electron chi connectivity index (χ2n) is 2.19. The van der Waals surface area contributed by atoms with Crippen molar-refractivity contribution in [3.8, 4) is 0 Å². The number of hydrogen-bond donors (Lipinski definition) is 1. The van der Waals surface area contributed by atoms with Gasteiger partial charge in [0.2, 0.25) is 0 Å². The molecule has 0 bridgehead atoms. The van der Waals surface area contributed by atoms with E-state index in [4.69, 9.17) is 5.84 Å². The van der Waals surface area contributed by atoms with Crippen molar-refractivity contribution in [1.82, 2.24) is 5.01 Å². The lowest BCUT2D eigenvalue weighted by atomic mass is 10.6. The number of hydrazine groups is 1. The van der Waals surface area contributed by atoms with Crippen molar-refractivity contribution in [2.75, 3.05) is 24.6 Å². The van der Waals surface area contributed by atoms with Crippen LogP contribution < -0.4 is 5.84 Å². The Morgan fingerprint density at radius 3 is 2.00 bits per heavy atom. The SMILES string of the molecule is NN1CCS(=O)(=O)CC1. The predicted octanol–water partition coefficient (Wildman–Crippen LogP) is -1.41. The third-order valence-electron chi connectivity index (χ3n) is 1.38. The Kier molecular flexibility index (Phi) is 1.74. The van der Waals surface area contributed by atoms with Crippen LogP contribution in [0.25, 0.3) is 0 Å². The summed E-state index contributed by atoms with van der Waals surface area (Å²) in [6.45, 7) is 0.949. The molecule has 0 spiro atoms. The Bertz CT molecular complexity index is 173. The van der Waals surface area contributed by atoms with Crippen molar-refractivity contribution >= 4 is 9.84 Å². The molecule has 0 radical (unpaired) electrons. The Labute approximate surface area is 54.5 Å². The molecule has 1 aliphatic rings. The van der Waals surface area contributed by atoms with Gasteiger partial charge >= 0.3 is 0 Å². The monoisotopic (exact) mass is 150 g/mol. The smallest absolute Gasteiger partial charge is 0.152 e. The van der Waals surface area contributed by atoms with Gasteiger partial charge in [-0.25, -0.2) is 13.4 Å². The van der Waals surface area contributed by atoms with E-state index in [-0.39, 0.29) is 11.5 Å². The van der Waals surface area contributed by atoms with Crippen LogP contribution in [0.4, 0.5) is 0 Å². The van der Waals surface area contributed by atoms with Gasteiger partial charge in [-0.15, -0.1) is 0 Å².